The summed E-state index contributed by atoms with van der Waals surface area (Å²) in [5.74, 6) is -0.127. The third-order valence-corrected chi connectivity index (χ3v) is 6.00. The first-order chi connectivity index (χ1) is 12.7. The van der Waals surface area contributed by atoms with Crippen molar-refractivity contribution in [1.29, 1.82) is 0 Å². The highest BCUT2D eigenvalue weighted by atomic mass is 32.1. The average Bonchev–Trinajstić information content (AvgIpc) is 3.38. The molecule has 0 unspecified atom stereocenters. The van der Waals surface area contributed by atoms with Gasteiger partial charge in [-0.2, -0.15) is 0 Å². The molecule has 3 aromatic rings. The van der Waals surface area contributed by atoms with Crippen LogP contribution in [0.2, 0.25) is 0 Å². The highest BCUT2D eigenvalue weighted by Crippen LogP contribution is 2.49. The van der Waals surface area contributed by atoms with Crippen LogP contribution in [0.4, 0.5) is 0 Å². The summed E-state index contributed by atoms with van der Waals surface area (Å²) in [7, 11) is 1.46. The van der Waals surface area contributed by atoms with E-state index < -0.39 is 5.41 Å². The van der Waals surface area contributed by atoms with E-state index in [2.05, 4.69) is 52.9 Å². The van der Waals surface area contributed by atoms with Crippen LogP contribution in [0.25, 0.3) is 22.4 Å². The summed E-state index contributed by atoms with van der Waals surface area (Å²) >= 11 is 1.46. The van der Waals surface area contributed by atoms with Crippen LogP contribution in [0.15, 0.2) is 48.5 Å². The minimum atomic E-state index is -0.411. The lowest BCUT2D eigenvalue weighted by Gasteiger charge is -2.13. The predicted molar refractivity (Wildman–Crippen MR) is 103 cm³/mol. The maximum Gasteiger partial charge on any atom is 0.316 e. The molecule has 26 heavy (non-hydrogen) atoms. The Labute approximate surface area is 157 Å². The van der Waals surface area contributed by atoms with Crippen LogP contribution in [-0.4, -0.2) is 22.7 Å². The van der Waals surface area contributed by atoms with Crippen LogP contribution in [0.3, 0.4) is 0 Å². The zero-order valence-electron chi connectivity index (χ0n) is 14.9. The number of aromatic nitrogens is 2. The highest BCUT2D eigenvalue weighted by Gasteiger charge is 2.52. The lowest BCUT2D eigenvalue weighted by Crippen LogP contribution is -2.21. The van der Waals surface area contributed by atoms with Crippen LogP contribution >= 0.6 is 11.5 Å². The van der Waals surface area contributed by atoms with Crippen molar-refractivity contribution < 1.29 is 9.53 Å². The summed E-state index contributed by atoms with van der Waals surface area (Å²) in [5, 5.41) is 4.25. The van der Waals surface area contributed by atoms with Crippen molar-refractivity contribution in [3.8, 4) is 22.4 Å². The van der Waals surface area contributed by atoms with E-state index in [-0.39, 0.29) is 5.97 Å². The van der Waals surface area contributed by atoms with Gasteiger partial charge in [0.2, 0.25) is 0 Å². The number of nitrogens with zero attached hydrogens (tertiary/aromatic N) is 2. The number of aryl methyl sites for hydroxylation is 1. The molecule has 1 fully saturated rings. The Bertz CT molecular complexity index is 925. The number of esters is 1. The van der Waals surface area contributed by atoms with Gasteiger partial charge in [0.05, 0.1) is 17.4 Å². The van der Waals surface area contributed by atoms with Crippen molar-refractivity contribution in [2.75, 3.05) is 7.11 Å². The molecule has 0 amide bonds. The number of methoxy groups -OCH3 is 1. The summed E-state index contributed by atoms with van der Waals surface area (Å²) in [6.45, 7) is 2.12. The Balaban J connectivity index is 1.58. The van der Waals surface area contributed by atoms with Gasteiger partial charge in [-0.1, -0.05) is 59.9 Å². The number of carbonyl (C=O) groups is 1. The summed E-state index contributed by atoms with van der Waals surface area (Å²) in [6.07, 6.45) is 2.68. The third kappa shape index (κ3) is 2.82. The molecule has 2 aromatic carbocycles. The van der Waals surface area contributed by atoms with Gasteiger partial charge in [0.1, 0.15) is 5.69 Å². The number of benzene rings is 2. The van der Waals surface area contributed by atoms with Crippen molar-refractivity contribution in [3.05, 3.63) is 59.0 Å². The van der Waals surface area contributed by atoms with Crippen molar-refractivity contribution in [2.24, 2.45) is 0 Å². The molecule has 4 nitrogen and oxygen atoms in total. The second kappa shape index (κ2) is 6.65. The lowest BCUT2D eigenvalue weighted by molar-refractivity contribution is -0.143. The molecular formula is C21H20N2O2S. The van der Waals surface area contributed by atoms with Crippen molar-refractivity contribution in [3.63, 3.8) is 0 Å². The van der Waals surface area contributed by atoms with Crippen molar-refractivity contribution in [2.45, 2.75) is 31.6 Å². The molecule has 0 aliphatic heterocycles. The standard InChI is InChI=1S/C21H20N2O2S/c1-3-18-19(22-23-26-18)16-6-4-14(5-7-16)15-8-10-17(11-9-15)21(12-13-21)20(24)25-2/h4-11H,3,12-13H2,1-2H3. The number of hydrogen-bond donors (Lipinski definition) is 0. The largest absolute Gasteiger partial charge is 0.468 e. The second-order valence-electron chi connectivity index (χ2n) is 6.63. The quantitative estimate of drug-likeness (QED) is 0.619. The fraction of sp³-hybridized carbons (Fsp3) is 0.286. The van der Waals surface area contributed by atoms with Gasteiger partial charge in [-0.3, -0.25) is 4.79 Å². The van der Waals surface area contributed by atoms with E-state index >= 15 is 0 Å². The molecule has 1 heterocycles. The van der Waals surface area contributed by atoms with E-state index in [0.717, 1.165) is 47.2 Å². The molecule has 132 valence electrons. The summed E-state index contributed by atoms with van der Waals surface area (Å²) < 4.78 is 9.03. The van der Waals surface area contributed by atoms with E-state index in [4.69, 9.17) is 4.74 Å². The molecule has 1 aliphatic carbocycles. The van der Waals surface area contributed by atoms with Gasteiger partial charge < -0.3 is 4.74 Å². The minimum Gasteiger partial charge on any atom is -0.468 e. The monoisotopic (exact) mass is 364 g/mol. The molecule has 0 saturated heterocycles. The van der Waals surface area contributed by atoms with Crippen LogP contribution in [0.1, 0.15) is 30.2 Å². The lowest BCUT2D eigenvalue weighted by atomic mass is 9.93. The molecular weight excluding hydrogens is 344 g/mol. The van der Waals surface area contributed by atoms with Gasteiger partial charge in [0.15, 0.2) is 0 Å². The first-order valence-electron chi connectivity index (χ1n) is 8.79. The number of carbonyl (C=O) groups excluding carboxylic acids is 1. The average molecular weight is 364 g/mol. The molecule has 0 bridgehead atoms. The van der Waals surface area contributed by atoms with E-state index in [0.29, 0.717) is 0 Å². The van der Waals surface area contributed by atoms with Gasteiger partial charge in [0, 0.05) is 5.56 Å². The maximum absolute atomic E-state index is 12.0. The summed E-state index contributed by atoms with van der Waals surface area (Å²) in [5.41, 5.74) is 4.99. The number of ether oxygens (including phenoxy) is 1. The minimum absolute atomic E-state index is 0.127. The second-order valence-corrected chi connectivity index (χ2v) is 7.47. The Morgan fingerprint density at radius 3 is 2.15 bits per heavy atom. The van der Waals surface area contributed by atoms with E-state index in [9.17, 15) is 4.79 Å². The fourth-order valence-electron chi connectivity index (χ4n) is 3.39. The van der Waals surface area contributed by atoms with Crippen LogP contribution in [-0.2, 0) is 21.4 Å². The van der Waals surface area contributed by atoms with E-state index in [1.165, 1.54) is 23.5 Å². The Morgan fingerprint density at radius 1 is 1.04 bits per heavy atom. The van der Waals surface area contributed by atoms with Crippen LogP contribution in [0.5, 0.6) is 0 Å². The summed E-state index contributed by atoms with van der Waals surface area (Å²) in [4.78, 5) is 13.2. The van der Waals surface area contributed by atoms with Gasteiger partial charge in [-0.25, -0.2) is 0 Å². The van der Waals surface area contributed by atoms with Gasteiger partial charge in [-0.05, 0) is 47.5 Å². The van der Waals surface area contributed by atoms with Gasteiger partial charge in [0.25, 0.3) is 0 Å². The number of rotatable bonds is 5. The zero-order chi connectivity index (χ0) is 18.1. The van der Waals surface area contributed by atoms with Gasteiger partial charge >= 0.3 is 5.97 Å². The van der Waals surface area contributed by atoms with Gasteiger partial charge in [-0.15, -0.1) is 5.10 Å². The molecule has 0 N–H and O–H groups in total. The van der Waals surface area contributed by atoms with E-state index in [1.54, 1.807) is 0 Å². The van der Waals surface area contributed by atoms with Crippen molar-refractivity contribution in [1.82, 2.24) is 9.59 Å². The molecule has 0 radical (unpaired) electrons. The van der Waals surface area contributed by atoms with Crippen LogP contribution < -0.4 is 0 Å². The molecule has 1 aliphatic rings. The van der Waals surface area contributed by atoms with Crippen molar-refractivity contribution >= 4 is 17.5 Å². The first-order valence-corrected chi connectivity index (χ1v) is 9.56. The Morgan fingerprint density at radius 2 is 1.62 bits per heavy atom. The predicted octanol–water partition coefficient (Wildman–Crippen LogP) is 4.64. The maximum atomic E-state index is 12.0. The number of hydrogen-bond acceptors (Lipinski definition) is 5. The molecule has 4 rings (SSSR count). The normalized spacial score (nSPS) is 14.8. The smallest absolute Gasteiger partial charge is 0.316 e. The summed E-state index contributed by atoms with van der Waals surface area (Å²) in [6, 6.07) is 16.7. The molecule has 5 heteroatoms. The van der Waals surface area contributed by atoms with Crippen LogP contribution in [0, 0.1) is 0 Å². The Hall–Kier alpha value is -2.53. The molecule has 1 aromatic heterocycles. The highest BCUT2D eigenvalue weighted by molar-refractivity contribution is 7.05. The molecule has 1 saturated carbocycles. The fourth-order valence-corrected chi connectivity index (χ4v) is 3.99. The van der Waals surface area contributed by atoms with E-state index in [1.807, 2.05) is 12.1 Å². The topological polar surface area (TPSA) is 52.1 Å². The third-order valence-electron chi connectivity index (χ3n) is 5.13. The molecule has 0 spiro atoms. The first kappa shape index (κ1) is 16.9. The Kier molecular flexibility index (Phi) is 4.32. The zero-order valence-corrected chi connectivity index (χ0v) is 15.7. The molecule has 0 atom stereocenters. The SMILES string of the molecule is CCc1snnc1-c1ccc(-c2ccc(C3(C(=O)OC)CC3)cc2)cc1.